The quantitative estimate of drug-likeness (QED) is 0.775. The molecular weight excluding hydrogens is 364 g/mol. The molecule has 2 aliphatic rings. The molecule has 0 radical (unpaired) electrons. The van der Waals surface area contributed by atoms with Gasteiger partial charge in [0.05, 0.1) is 5.25 Å². The lowest BCUT2D eigenvalue weighted by Gasteiger charge is -2.37. The molecule has 3 rings (SSSR count). The first kappa shape index (κ1) is 21.6. The highest BCUT2D eigenvalue weighted by Crippen LogP contribution is 2.49. The molecule has 0 bridgehead atoms. The van der Waals surface area contributed by atoms with E-state index in [-0.39, 0.29) is 17.2 Å². The van der Waals surface area contributed by atoms with E-state index < -0.39 is 4.87 Å². The van der Waals surface area contributed by atoms with E-state index in [0.29, 0.717) is 19.6 Å². The molecule has 1 N–H and O–H groups in total. The van der Waals surface area contributed by atoms with Crippen LogP contribution in [0.15, 0.2) is 18.2 Å². The molecule has 0 aromatic heterocycles. The minimum absolute atomic E-state index is 0.0613. The van der Waals surface area contributed by atoms with Crippen molar-refractivity contribution in [1.29, 1.82) is 0 Å². The molecule has 150 valence electrons. The van der Waals surface area contributed by atoms with Gasteiger partial charge in [0, 0.05) is 13.1 Å². The molecule has 3 atom stereocenters. The number of carbonyl (C=O) groups excluding carboxylic acids is 2. The fourth-order valence-corrected chi connectivity index (χ4v) is 5.02. The zero-order chi connectivity index (χ0) is 20.0. The minimum Gasteiger partial charge on any atom is -0.486 e. The van der Waals surface area contributed by atoms with E-state index in [9.17, 15) is 9.59 Å². The van der Waals surface area contributed by atoms with Crippen LogP contribution in [0.2, 0.25) is 0 Å². The maximum atomic E-state index is 12.7. The third-order valence-corrected chi connectivity index (χ3v) is 6.45. The summed E-state index contributed by atoms with van der Waals surface area (Å²) in [5.74, 6) is 1.45. The highest BCUT2D eigenvalue weighted by molar-refractivity contribution is 8.02. The van der Waals surface area contributed by atoms with Crippen molar-refractivity contribution in [2.45, 2.75) is 49.8 Å². The van der Waals surface area contributed by atoms with Gasteiger partial charge in [0.25, 0.3) is 5.91 Å². The first-order chi connectivity index (χ1) is 13.0. The number of rotatable bonds is 5. The Morgan fingerprint density at radius 2 is 2.00 bits per heavy atom. The van der Waals surface area contributed by atoms with Gasteiger partial charge >= 0.3 is 0 Å². The number of thioether (sulfide) groups is 1. The molecule has 1 aromatic carbocycles. The second-order valence-corrected chi connectivity index (χ2v) is 8.05. The van der Waals surface area contributed by atoms with Crippen LogP contribution < -0.4 is 14.8 Å². The average Bonchev–Trinajstić information content (AvgIpc) is 3.05. The van der Waals surface area contributed by atoms with E-state index in [0.717, 1.165) is 29.8 Å². The van der Waals surface area contributed by atoms with E-state index in [1.807, 2.05) is 46.0 Å². The largest absolute Gasteiger partial charge is 0.486 e. The number of amides is 1. The summed E-state index contributed by atoms with van der Waals surface area (Å²) in [5.41, 5.74) is 1.09. The number of likely N-dealkylation sites (N-methyl/N-ethyl adjacent to an activating group) is 2. The molecule has 2 heterocycles. The van der Waals surface area contributed by atoms with Crippen LogP contribution in [0.1, 0.15) is 45.2 Å². The number of hydrogen-bond acceptors (Lipinski definition) is 6. The third-order valence-electron chi connectivity index (χ3n) is 4.90. The van der Waals surface area contributed by atoms with Crippen molar-refractivity contribution in [3.63, 3.8) is 0 Å². The Morgan fingerprint density at radius 3 is 2.63 bits per heavy atom. The Kier molecular flexibility index (Phi) is 7.56. The summed E-state index contributed by atoms with van der Waals surface area (Å²) in [7, 11) is 3.59. The van der Waals surface area contributed by atoms with Crippen LogP contribution in [-0.2, 0) is 9.59 Å². The minimum atomic E-state index is -0.743. The highest BCUT2D eigenvalue weighted by atomic mass is 32.2. The van der Waals surface area contributed by atoms with Gasteiger partial charge in [0.2, 0.25) is 0 Å². The molecule has 1 saturated heterocycles. The Balaban J connectivity index is 0.00000126. The maximum Gasteiger partial charge on any atom is 0.250 e. The van der Waals surface area contributed by atoms with Gasteiger partial charge in [-0.25, -0.2) is 0 Å². The third kappa shape index (κ3) is 4.24. The first-order valence-electron chi connectivity index (χ1n) is 9.49. The van der Waals surface area contributed by atoms with Crippen LogP contribution in [0.4, 0.5) is 0 Å². The van der Waals surface area contributed by atoms with Gasteiger partial charge in [0.15, 0.2) is 11.5 Å². The average molecular weight is 395 g/mol. The van der Waals surface area contributed by atoms with Crippen LogP contribution in [0.25, 0.3) is 0 Å². The fourth-order valence-electron chi connectivity index (χ4n) is 3.61. The Bertz CT molecular complexity index is 669. The topological polar surface area (TPSA) is 67.9 Å². The number of nitrogens with zero attached hydrogens (tertiary/aromatic N) is 1. The lowest BCUT2D eigenvalue weighted by Crippen LogP contribution is -2.52. The number of aldehydes is 1. The highest BCUT2D eigenvalue weighted by Gasteiger charge is 2.51. The van der Waals surface area contributed by atoms with Crippen LogP contribution in [0, 0.1) is 0 Å². The van der Waals surface area contributed by atoms with E-state index in [1.54, 1.807) is 7.05 Å². The molecule has 0 saturated carbocycles. The Hall–Kier alpha value is -1.73. The van der Waals surface area contributed by atoms with Crippen molar-refractivity contribution in [1.82, 2.24) is 10.2 Å². The molecular formula is C20H30N2O4S. The number of carbonyl (C=O) groups is 2. The summed E-state index contributed by atoms with van der Waals surface area (Å²) in [6, 6.07) is 6.05. The van der Waals surface area contributed by atoms with Gasteiger partial charge in [0.1, 0.15) is 24.4 Å². The number of fused-ring (bicyclic) bond motifs is 1. The fraction of sp³-hybridized carbons (Fsp3) is 0.600. The summed E-state index contributed by atoms with van der Waals surface area (Å²) >= 11 is 1.41. The van der Waals surface area contributed by atoms with E-state index in [1.165, 1.54) is 11.8 Å². The second-order valence-electron chi connectivity index (χ2n) is 6.39. The zero-order valence-corrected chi connectivity index (χ0v) is 17.6. The van der Waals surface area contributed by atoms with E-state index in [2.05, 4.69) is 10.2 Å². The number of likely N-dealkylation sites (tertiary alicyclic amines) is 1. The molecule has 1 aromatic rings. The van der Waals surface area contributed by atoms with Crippen molar-refractivity contribution >= 4 is 24.0 Å². The molecule has 27 heavy (non-hydrogen) atoms. The molecule has 2 aliphatic heterocycles. The van der Waals surface area contributed by atoms with E-state index >= 15 is 0 Å². The molecule has 7 heteroatoms. The molecule has 1 amide bonds. The predicted octanol–water partition coefficient (Wildman–Crippen LogP) is 3.01. The zero-order valence-electron chi connectivity index (χ0n) is 16.8. The predicted molar refractivity (Wildman–Crippen MR) is 108 cm³/mol. The van der Waals surface area contributed by atoms with Crippen molar-refractivity contribution in [3.05, 3.63) is 23.8 Å². The van der Waals surface area contributed by atoms with Crippen molar-refractivity contribution < 1.29 is 19.1 Å². The maximum absolute atomic E-state index is 12.7. The summed E-state index contributed by atoms with van der Waals surface area (Å²) in [6.07, 6.45) is 2.41. The van der Waals surface area contributed by atoms with E-state index in [4.69, 9.17) is 9.47 Å². The summed E-state index contributed by atoms with van der Waals surface area (Å²) in [6.45, 7) is 6.94. The SMILES string of the molecule is CC.CNC(=O)C1(SC(C)C=O)CCC(c2ccc3c(c2)OCCO3)N1C. The lowest BCUT2D eigenvalue weighted by molar-refractivity contribution is -0.126. The number of hydrogen-bond donors (Lipinski definition) is 1. The summed E-state index contributed by atoms with van der Waals surface area (Å²) in [5, 5.41) is 2.52. The lowest BCUT2D eigenvalue weighted by atomic mass is 10.0. The summed E-state index contributed by atoms with van der Waals surface area (Å²) < 4.78 is 11.3. The molecule has 0 aliphatic carbocycles. The molecule has 6 nitrogen and oxygen atoms in total. The Morgan fingerprint density at radius 1 is 1.33 bits per heavy atom. The van der Waals surface area contributed by atoms with Crippen molar-refractivity contribution in [2.24, 2.45) is 0 Å². The number of nitrogens with one attached hydrogen (secondary N) is 1. The van der Waals surface area contributed by atoms with Gasteiger partial charge in [-0.15, -0.1) is 11.8 Å². The van der Waals surface area contributed by atoms with Gasteiger partial charge in [-0.1, -0.05) is 19.9 Å². The van der Waals surface area contributed by atoms with Crippen LogP contribution in [0.3, 0.4) is 0 Å². The Labute approximate surface area is 166 Å². The smallest absolute Gasteiger partial charge is 0.250 e. The molecule has 0 spiro atoms. The second kappa shape index (κ2) is 9.46. The van der Waals surface area contributed by atoms with Gasteiger partial charge in [-0.2, -0.15) is 0 Å². The normalized spacial score (nSPS) is 25.1. The van der Waals surface area contributed by atoms with Crippen molar-refractivity contribution in [3.8, 4) is 11.5 Å². The van der Waals surface area contributed by atoms with Crippen LogP contribution in [0.5, 0.6) is 11.5 Å². The monoisotopic (exact) mass is 394 g/mol. The molecule has 3 unspecified atom stereocenters. The van der Waals surface area contributed by atoms with Gasteiger partial charge in [-0.05, 0) is 44.5 Å². The number of benzene rings is 1. The molecule has 1 fully saturated rings. The van der Waals surface area contributed by atoms with Gasteiger partial charge in [-0.3, -0.25) is 9.69 Å². The van der Waals surface area contributed by atoms with Gasteiger partial charge < -0.3 is 19.6 Å². The summed E-state index contributed by atoms with van der Waals surface area (Å²) in [4.78, 5) is 25.2. The standard InChI is InChI=1S/C18H24N2O4S.C2H6/c1-12(11-21)25-18(17(22)19-2)7-6-14(20(18)3)13-4-5-15-16(10-13)24-9-8-23-15;1-2/h4-5,10-12,14H,6-9H2,1-3H3,(H,19,22);1-2H3. The number of ether oxygens (including phenoxy) is 2. The first-order valence-corrected chi connectivity index (χ1v) is 10.4. The van der Waals surface area contributed by atoms with Crippen LogP contribution in [-0.4, -0.2) is 54.5 Å². The van der Waals surface area contributed by atoms with Crippen LogP contribution >= 0.6 is 11.8 Å². The van der Waals surface area contributed by atoms with Crippen molar-refractivity contribution in [2.75, 3.05) is 27.3 Å².